The van der Waals surface area contributed by atoms with Gasteiger partial charge in [-0.15, -0.1) is 10.2 Å². The first-order valence-electron chi connectivity index (χ1n) is 10.7. The Bertz CT molecular complexity index is 1040. The molecule has 2 aromatic heterocycles. The van der Waals surface area contributed by atoms with Crippen LogP contribution in [0.5, 0.6) is 0 Å². The van der Waals surface area contributed by atoms with Crippen LogP contribution in [0.25, 0.3) is 21.3 Å². The van der Waals surface area contributed by atoms with E-state index in [0.29, 0.717) is 12.4 Å². The molecule has 0 saturated carbocycles. The summed E-state index contributed by atoms with van der Waals surface area (Å²) in [5.41, 5.74) is 1.89. The molecule has 31 heavy (non-hydrogen) atoms. The maximum atomic E-state index is 12.5. The molecule has 0 atom stereocenters. The molecule has 0 bridgehead atoms. The Labute approximate surface area is 186 Å². The molecular weight excluding hydrogens is 410 g/mol. The second kappa shape index (κ2) is 9.67. The summed E-state index contributed by atoms with van der Waals surface area (Å²) in [5.74, 6) is 0.428. The number of rotatable bonds is 7. The highest BCUT2D eigenvalue weighted by Crippen LogP contribution is 2.32. The number of anilines is 2. The van der Waals surface area contributed by atoms with E-state index >= 15 is 0 Å². The minimum atomic E-state index is -0.0549. The third-order valence-electron chi connectivity index (χ3n) is 5.63. The van der Waals surface area contributed by atoms with Crippen LogP contribution in [0.2, 0.25) is 0 Å². The van der Waals surface area contributed by atoms with Crippen molar-refractivity contribution in [2.45, 2.75) is 13.8 Å². The van der Waals surface area contributed by atoms with Crippen molar-refractivity contribution in [3.63, 3.8) is 0 Å². The lowest BCUT2D eigenvalue weighted by atomic mass is 10.1. The van der Waals surface area contributed by atoms with Crippen LogP contribution >= 0.6 is 11.3 Å². The molecule has 1 N–H and O–H groups in total. The van der Waals surface area contributed by atoms with Gasteiger partial charge in [0, 0.05) is 50.9 Å². The van der Waals surface area contributed by atoms with E-state index in [-0.39, 0.29) is 5.91 Å². The lowest BCUT2D eigenvalue weighted by Gasteiger charge is -2.31. The Hall–Kier alpha value is -2.62. The molecule has 3 heterocycles. The fourth-order valence-corrected chi connectivity index (χ4v) is 4.73. The van der Waals surface area contributed by atoms with E-state index in [1.54, 1.807) is 11.3 Å². The van der Waals surface area contributed by atoms with Crippen LogP contribution in [0.15, 0.2) is 30.5 Å². The van der Waals surface area contributed by atoms with Crippen LogP contribution in [0.1, 0.15) is 13.8 Å². The SMILES string of the molecule is CCN(CC)c1ncc(-c2ccc3nnc(NC(=O)CN4CCN(C)CC4)cc3c2)s1. The number of likely N-dealkylation sites (N-methyl/N-ethyl adjacent to an activating group) is 1. The topological polar surface area (TPSA) is 77.5 Å². The molecule has 1 aliphatic rings. The summed E-state index contributed by atoms with van der Waals surface area (Å²) in [5, 5.41) is 13.3. The van der Waals surface area contributed by atoms with Crippen molar-refractivity contribution in [3.05, 3.63) is 30.5 Å². The van der Waals surface area contributed by atoms with Crippen LogP contribution < -0.4 is 10.2 Å². The van der Waals surface area contributed by atoms with Gasteiger partial charge in [-0.25, -0.2) is 4.98 Å². The molecule has 3 aromatic rings. The van der Waals surface area contributed by atoms with Gasteiger partial charge >= 0.3 is 0 Å². The number of carbonyl (C=O) groups excluding carboxylic acids is 1. The fourth-order valence-electron chi connectivity index (χ4n) is 3.69. The van der Waals surface area contributed by atoms with Crippen molar-refractivity contribution in [3.8, 4) is 10.4 Å². The Morgan fingerprint density at radius 2 is 1.90 bits per heavy atom. The summed E-state index contributed by atoms with van der Waals surface area (Å²) in [6.45, 7) is 10.3. The maximum Gasteiger partial charge on any atom is 0.239 e. The average Bonchev–Trinajstić information content (AvgIpc) is 3.26. The van der Waals surface area contributed by atoms with Gasteiger partial charge in [-0.1, -0.05) is 17.4 Å². The van der Waals surface area contributed by atoms with Crippen molar-refractivity contribution in [2.75, 3.05) is 63.1 Å². The van der Waals surface area contributed by atoms with Gasteiger partial charge in [0.05, 0.1) is 16.9 Å². The molecule has 4 rings (SSSR count). The van der Waals surface area contributed by atoms with E-state index in [9.17, 15) is 4.79 Å². The highest BCUT2D eigenvalue weighted by atomic mass is 32.1. The van der Waals surface area contributed by atoms with E-state index in [0.717, 1.165) is 65.7 Å². The smallest absolute Gasteiger partial charge is 0.239 e. The third kappa shape index (κ3) is 5.17. The normalized spacial score (nSPS) is 15.3. The monoisotopic (exact) mass is 439 g/mol. The summed E-state index contributed by atoms with van der Waals surface area (Å²) in [6, 6.07) is 7.98. The molecule has 0 unspecified atom stereocenters. The first kappa shape index (κ1) is 21.6. The van der Waals surface area contributed by atoms with Gasteiger partial charge in [0.15, 0.2) is 10.9 Å². The Kier molecular flexibility index (Phi) is 6.74. The molecule has 0 spiro atoms. The van der Waals surface area contributed by atoms with Gasteiger partial charge in [-0.3, -0.25) is 9.69 Å². The number of benzene rings is 1. The Balaban J connectivity index is 1.48. The molecule has 0 aliphatic carbocycles. The summed E-state index contributed by atoms with van der Waals surface area (Å²) < 4.78 is 0. The molecule has 0 radical (unpaired) electrons. The molecular formula is C22H29N7OS. The molecule has 1 aromatic carbocycles. The molecule has 1 aliphatic heterocycles. The van der Waals surface area contributed by atoms with Crippen molar-refractivity contribution < 1.29 is 4.79 Å². The van der Waals surface area contributed by atoms with E-state index in [4.69, 9.17) is 0 Å². The van der Waals surface area contributed by atoms with Gasteiger partial charge in [-0.2, -0.15) is 0 Å². The summed E-state index contributed by atoms with van der Waals surface area (Å²) >= 11 is 1.69. The highest BCUT2D eigenvalue weighted by Gasteiger charge is 2.17. The van der Waals surface area contributed by atoms with Crippen LogP contribution in [0.4, 0.5) is 10.9 Å². The molecule has 1 saturated heterocycles. The zero-order valence-electron chi connectivity index (χ0n) is 18.3. The van der Waals surface area contributed by atoms with E-state index in [2.05, 4.69) is 62.2 Å². The highest BCUT2D eigenvalue weighted by molar-refractivity contribution is 7.18. The van der Waals surface area contributed by atoms with E-state index in [1.807, 2.05) is 24.4 Å². The number of nitrogens with zero attached hydrogens (tertiary/aromatic N) is 6. The van der Waals surface area contributed by atoms with Gasteiger partial charge in [0.25, 0.3) is 0 Å². The number of piperazine rings is 1. The lowest BCUT2D eigenvalue weighted by Crippen LogP contribution is -2.47. The summed E-state index contributed by atoms with van der Waals surface area (Å²) in [7, 11) is 2.10. The zero-order valence-corrected chi connectivity index (χ0v) is 19.2. The molecule has 164 valence electrons. The van der Waals surface area contributed by atoms with Crippen molar-refractivity contribution >= 4 is 39.1 Å². The van der Waals surface area contributed by atoms with Crippen LogP contribution in [0.3, 0.4) is 0 Å². The van der Waals surface area contributed by atoms with E-state index in [1.165, 1.54) is 0 Å². The molecule has 1 amide bonds. The number of carbonyl (C=O) groups is 1. The van der Waals surface area contributed by atoms with Crippen LogP contribution in [0, 0.1) is 0 Å². The lowest BCUT2D eigenvalue weighted by molar-refractivity contribution is -0.117. The summed E-state index contributed by atoms with van der Waals surface area (Å²) in [6.07, 6.45) is 1.92. The first-order chi connectivity index (χ1) is 15.1. The van der Waals surface area contributed by atoms with Gasteiger partial charge in [-0.05, 0) is 44.7 Å². The predicted octanol–water partition coefficient (Wildman–Crippen LogP) is 2.79. The number of amides is 1. The predicted molar refractivity (Wildman–Crippen MR) is 127 cm³/mol. The van der Waals surface area contributed by atoms with Crippen molar-refractivity contribution in [1.82, 2.24) is 25.0 Å². The summed E-state index contributed by atoms with van der Waals surface area (Å²) in [4.78, 5) is 24.8. The Morgan fingerprint density at radius 3 is 2.65 bits per heavy atom. The van der Waals surface area contributed by atoms with E-state index < -0.39 is 0 Å². The number of aromatic nitrogens is 3. The number of fused-ring (bicyclic) bond motifs is 1. The standard InChI is InChI=1S/C22H29N7OS/c1-4-29(5-2)22-23-14-19(31-22)16-6-7-18-17(12-16)13-20(26-25-18)24-21(30)15-28-10-8-27(3)9-11-28/h6-7,12-14H,4-5,8-11,15H2,1-3H3,(H,24,26,30). The number of hydrogen-bond acceptors (Lipinski definition) is 8. The maximum absolute atomic E-state index is 12.5. The zero-order chi connectivity index (χ0) is 21.8. The van der Waals surface area contributed by atoms with Crippen LogP contribution in [-0.4, -0.2) is 83.7 Å². The quantitative estimate of drug-likeness (QED) is 0.606. The van der Waals surface area contributed by atoms with Gasteiger partial charge < -0.3 is 15.1 Å². The molecule has 1 fully saturated rings. The molecule has 8 nitrogen and oxygen atoms in total. The van der Waals surface area contributed by atoms with Crippen LogP contribution in [-0.2, 0) is 4.79 Å². The first-order valence-corrected chi connectivity index (χ1v) is 11.6. The Morgan fingerprint density at radius 1 is 1.13 bits per heavy atom. The van der Waals surface area contributed by atoms with Crippen molar-refractivity contribution in [2.24, 2.45) is 0 Å². The fraction of sp³-hybridized carbons (Fsp3) is 0.455. The minimum absolute atomic E-state index is 0.0549. The second-order valence-electron chi connectivity index (χ2n) is 7.81. The third-order valence-corrected chi connectivity index (χ3v) is 6.73. The second-order valence-corrected chi connectivity index (χ2v) is 8.82. The number of thiazole rings is 1. The number of hydrogen-bond donors (Lipinski definition) is 1. The number of nitrogens with one attached hydrogen (secondary N) is 1. The average molecular weight is 440 g/mol. The largest absolute Gasteiger partial charge is 0.349 e. The minimum Gasteiger partial charge on any atom is -0.349 e. The molecule has 9 heteroatoms. The van der Waals surface area contributed by atoms with Crippen molar-refractivity contribution in [1.29, 1.82) is 0 Å². The van der Waals surface area contributed by atoms with Gasteiger partial charge in [0.2, 0.25) is 5.91 Å². The van der Waals surface area contributed by atoms with Gasteiger partial charge in [0.1, 0.15) is 0 Å².